The lowest BCUT2D eigenvalue weighted by molar-refractivity contribution is 0.633. The average molecular weight is 240 g/mol. The van der Waals surface area contributed by atoms with Crippen molar-refractivity contribution in [2.45, 2.75) is 42.9 Å². The molecule has 2 saturated carbocycles. The van der Waals surface area contributed by atoms with Gasteiger partial charge in [-0.2, -0.15) is 0 Å². The van der Waals surface area contributed by atoms with Gasteiger partial charge in [0.2, 0.25) is 0 Å². The smallest absolute Gasteiger partial charge is 0.327 e. The summed E-state index contributed by atoms with van der Waals surface area (Å²) in [6.07, 6.45) is 4.72. The van der Waals surface area contributed by atoms with Crippen LogP contribution < -0.4 is 11.4 Å². The molecule has 88 valence electrons. The van der Waals surface area contributed by atoms with Crippen molar-refractivity contribution < 1.29 is 0 Å². The summed E-state index contributed by atoms with van der Waals surface area (Å²) in [6, 6.07) is 0.635. The maximum atomic E-state index is 11.5. The number of hydrogen-bond donors (Lipinski definition) is 2. The quantitative estimate of drug-likeness (QED) is 0.744. The summed E-state index contributed by atoms with van der Waals surface area (Å²) in [5.41, 5.74) is 5.95. The number of nitrogens with two attached hydrogens (primary N) is 1. The molecule has 16 heavy (non-hydrogen) atoms. The van der Waals surface area contributed by atoms with E-state index in [2.05, 4.69) is 10.2 Å². The zero-order chi connectivity index (χ0) is 11.1. The Morgan fingerprint density at radius 2 is 2.25 bits per heavy atom. The molecule has 1 unspecified atom stereocenters. The van der Waals surface area contributed by atoms with Crippen LogP contribution in [-0.4, -0.2) is 26.6 Å². The van der Waals surface area contributed by atoms with Crippen LogP contribution >= 0.6 is 11.8 Å². The standard InChI is InChI=1S/C10H16N4OS/c11-8(6-1-2-6)5-16-10-13-12-9(15)14(10)7-3-4-7/h6-8H,1-5,11H2,(H,12,15). The van der Waals surface area contributed by atoms with E-state index in [-0.39, 0.29) is 11.7 Å². The van der Waals surface area contributed by atoms with E-state index >= 15 is 0 Å². The van der Waals surface area contributed by atoms with Gasteiger partial charge in [-0.25, -0.2) is 9.89 Å². The fourth-order valence-corrected chi connectivity index (χ4v) is 2.97. The Hall–Kier alpha value is -0.750. The summed E-state index contributed by atoms with van der Waals surface area (Å²) in [6.45, 7) is 0. The van der Waals surface area contributed by atoms with E-state index < -0.39 is 0 Å². The van der Waals surface area contributed by atoms with Crippen molar-refractivity contribution in [1.82, 2.24) is 14.8 Å². The van der Waals surface area contributed by atoms with Crippen LogP contribution in [0.15, 0.2) is 9.95 Å². The van der Waals surface area contributed by atoms with Crippen LogP contribution in [0.3, 0.4) is 0 Å². The minimum Gasteiger partial charge on any atom is -0.327 e. The predicted molar refractivity (Wildman–Crippen MR) is 62.5 cm³/mol. The van der Waals surface area contributed by atoms with Gasteiger partial charge >= 0.3 is 5.69 Å². The number of aromatic nitrogens is 3. The highest BCUT2D eigenvalue weighted by Crippen LogP contribution is 2.37. The molecule has 6 heteroatoms. The Bertz CT molecular complexity index is 432. The van der Waals surface area contributed by atoms with Gasteiger partial charge in [-0.15, -0.1) is 5.10 Å². The van der Waals surface area contributed by atoms with Gasteiger partial charge in [0.15, 0.2) is 5.16 Å². The first-order chi connectivity index (χ1) is 7.75. The Labute approximate surface area is 97.8 Å². The zero-order valence-electron chi connectivity index (χ0n) is 9.06. The molecule has 3 rings (SSSR count). The summed E-state index contributed by atoms with van der Waals surface area (Å²) in [7, 11) is 0. The third-order valence-corrected chi connectivity index (χ3v) is 4.31. The second-order valence-electron chi connectivity index (χ2n) is 4.72. The predicted octanol–water partition coefficient (Wildman–Crippen LogP) is 0.736. The Morgan fingerprint density at radius 1 is 1.50 bits per heavy atom. The van der Waals surface area contributed by atoms with E-state index in [1.165, 1.54) is 12.8 Å². The topological polar surface area (TPSA) is 76.7 Å². The van der Waals surface area contributed by atoms with Crippen molar-refractivity contribution in [3.8, 4) is 0 Å². The largest absolute Gasteiger partial charge is 0.344 e. The van der Waals surface area contributed by atoms with Crippen molar-refractivity contribution in [1.29, 1.82) is 0 Å². The average Bonchev–Trinajstić information content (AvgIpc) is 3.13. The first-order valence-corrected chi connectivity index (χ1v) is 6.79. The Morgan fingerprint density at radius 3 is 2.88 bits per heavy atom. The summed E-state index contributed by atoms with van der Waals surface area (Å²) in [4.78, 5) is 11.5. The van der Waals surface area contributed by atoms with Crippen LogP contribution in [0.5, 0.6) is 0 Å². The first-order valence-electron chi connectivity index (χ1n) is 5.81. The van der Waals surface area contributed by atoms with Crippen molar-refractivity contribution in [3.05, 3.63) is 10.5 Å². The maximum absolute atomic E-state index is 11.5. The molecule has 1 aromatic heterocycles. The van der Waals surface area contributed by atoms with Crippen molar-refractivity contribution in [3.63, 3.8) is 0 Å². The second-order valence-corrected chi connectivity index (χ2v) is 5.71. The highest BCUT2D eigenvalue weighted by atomic mass is 32.2. The summed E-state index contributed by atoms with van der Waals surface area (Å²) in [5, 5.41) is 7.39. The number of nitrogens with zero attached hydrogens (tertiary/aromatic N) is 2. The molecular formula is C10H16N4OS. The molecule has 2 fully saturated rings. The van der Waals surface area contributed by atoms with E-state index in [0.717, 1.165) is 23.8 Å². The van der Waals surface area contributed by atoms with Gasteiger partial charge in [-0.05, 0) is 31.6 Å². The normalized spacial score (nSPS) is 22.3. The van der Waals surface area contributed by atoms with Gasteiger partial charge in [0.25, 0.3) is 0 Å². The molecule has 0 aliphatic heterocycles. The van der Waals surface area contributed by atoms with Crippen molar-refractivity contribution >= 4 is 11.8 Å². The lowest BCUT2D eigenvalue weighted by Crippen LogP contribution is -2.25. The minimum absolute atomic E-state index is 0.0787. The summed E-state index contributed by atoms with van der Waals surface area (Å²) >= 11 is 1.61. The van der Waals surface area contributed by atoms with E-state index in [1.54, 1.807) is 16.3 Å². The van der Waals surface area contributed by atoms with Gasteiger partial charge in [0.05, 0.1) is 0 Å². The lowest BCUT2D eigenvalue weighted by atomic mass is 10.2. The van der Waals surface area contributed by atoms with E-state index in [9.17, 15) is 4.79 Å². The monoisotopic (exact) mass is 240 g/mol. The summed E-state index contributed by atoms with van der Waals surface area (Å²) in [5.74, 6) is 1.56. The molecule has 2 aliphatic carbocycles. The number of hydrogen-bond acceptors (Lipinski definition) is 4. The number of aromatic amines is 1. The van der Waals surface area contributed by atoms with Gasteiger partial charge in [0, 0.05) is 17.8 Å². The van der Waals surface area contributed by atoms with Gasteiger partial charge in [-0.1, -0.05) is 11.8 Å². The highest BCUT2D eigenvalue weighted by molar-refractivity contribution is 7.99. The zero-order valence-corrected chi connectivity index (χ0v) is 9.87. The van der Waals surface area contributed by atoms with Crippen LogP contribution in [0.4, 0.5) is 0 Å². The fourth-order valence-electron chi connectivity index (χ4n) is 1.88. The van der Waals surface area contributed by atoms with Crippen LogP contribution in [0.25, 0.3) is 0 Å². The molecule has 3 N–H and O–H groups in total. The van der Waals surface area contributed by atoms with Crippen LogP contribution in [0, 0.1) is 5.92 Å². The Balaban J connectivity index is 1.66. The number of rotatable bonds is 5. The molecule has 0 spiro atoms. The number of nitrogens with one attached hydrogen (secondary N) is 1. The molecule has 0 saturated heterocycles. The molecule has 1 heterocycles. The first kappa shape index (κ1) is 10.4. The SMILES string of the molecule is NC(CSc1n[nH]c(=O)n1C1CC1)C1CC1. The molecular weight excluding hydrogens is 224 g/mol. The Kier molecular flexibility index (Phi) is 2.55. The lowest BCUT2D eigenvalue weighted by Gasteiger charge is -2.09. The molecule has 0 amide bonds. The second kappa shape index (κ2) is 3.92. The fraction of sp³-hybridized carbons (Fsp3) is 0.800. The van der Waals surface area contributed by atoms with E-state index in [4.69, 9.17) is 5.73 Å². The minimum atomic E-state index is -0.0787. The highest BCUT2D eigenvalue weighted by Gasteiger charge is 2.31. The molecule has 0 radical (unpaired) electrons. The third-order valence-electron chi connectivity index (χ3n) is 3.22. The van der Waals surface area contributed by atoms with Crippen LogP contribution in [0.2, 0.25) is 0 Å². The third kappa shape index (κ3) is 2.04. The molecule has 0 aromatic carbocycles. The molecule has 1 aromatic rings. The summed E-state index contributed by atoms with van der Waals surface area (Å²) < 4.78 is 1.78. The molecule has 5 nitrogen and oxygen atoms in total. The van der Waals surface area contributed by atoms with Gasteiger partial charge in [-0.3, -0.25) is 4.57 Å². The van der Waals surface area contributed by atoms with Gasteiger partial charge in [0.1, 0.15) is 0 Å². The molecule has 1 atom stereocenters. The number of H-pyrrole nitrogens is 1. The number of thioether (sulfide) groups is 1. The maximum Gasteiger partial charge on any atom is 0.344 e. The van der Waals surface area contributed by atoms with Crippen LogP contribution in [-0.2, 0) is 0 Å². The molecule has 0 bridgehead atoms. The van der Waals surface area contributed by atoms with E-state index in [1.807, 2.05) is 0 Å². The van der Waals surface area contributed by atoms with Crippen molar-refractivity contribution in [2.75, 3.05) is 5.75 Å². The van der Waals surface area contributed by atoms with Gasteiger partial charge < -0.3 is 5.73 Å². The molecule has 2 aliphatic rings. The van der Waals surface area contributed by atoms with Crippen LogP contribution in [0.1, 0.15) is 31.7 Å². The van der Waals surface area contributed by atoms with Crippen molar-refractivity contribution in [2.24, 2.45) is 11.7 Å². The van der Waals surface area contributed by atoms with E-state index in [0.29, 0.717) is 12.0 Å².